The lowest BCUT2D eigenvalue weighted by atomic mass is 10.0. The zero-order chi connectivity index (χ0) is 14.2. The second kappa shape index (κ2) is 7.26. The molecule has 3 heteroatoms. The molecule has 0 amide bonds. The maximum absolute atomic E-state index is 12.1. The minimum Gasteiger partial charge on any atom is -0.460 e. The molecular weight excluding hydrogens is 252 g/mol. The lowest BCUT2D eigenvalue weighted by Crippen LogP contribution is -2.10. The van der Waals surface area contributed by atoms with Crippen molar-refractivity contribution >= 4 is 17.6 Å². The molecule has 102 valence electrons. The van der Waals surface area contributed by atoms with Gasteiger partial charge in [0.1, 0.15) is 6.61 Å². The summed E-state index contributed by atoms with van der Waals surface area (Å²) < 4.78 is 5.02. The van der Waals surface area contributed by atoms with Crippen LogP contribution in [0, 0.1) is 0 Å². The third-order valence-electron chi connectivity index (χ3n) is 2.74. The number of carbonyl (C=O) groups is 1. The van der Waals surface area contributed by atoms with Crippen molar-refractivity contribution in [3.05, 3.63) is 71.8 Å². The van der Waals surface area contributed by atoms with Gasteiger partial charge in [0.05, 0.1) is 12.2 Å². The Bertz CT molecular complexity index is 574. The second-order valence-electron chi connectivity index (χ2n) is 4.19. The SMILES string of the molecule is O=C(OCCO)/C(=C\c1ccccc1)c1ccccc1. The van der Waals surface area contributed by atoms with Crippen molar-refractivity contribution in [3.63, 3.8) is 0 Å². The molecule has 0 radical (unpaired) electrons. The quantitative estimate of drug-likeness (QED) is 0.515. The smallest absolute Gasteiger partial charge is 0.338 e. The van der Waals surface area contributed by atoms with Gasteiger partial charge in [0.25, 0.3) is 0 Å². The maximum atomic E-state index is 12.1. The molecule has 0 spiro atoms. The van der Waals surface area contributed by atoms with E-state index in [1.807, 2.05) is 60.7 Å². The zero-order valence-corrected chi connectivity index (χ0v) is 11.0. The fourth-order valence-corrected chi connectivity index (χ4v) is 1.81. The summed E-state index contributed by atoms with van der Waals surface area (Å²) in [4.78, 5) is 12.1. The zero-order valence-electron chi connectivity index (χ0n) is 11.0. The van der Waals surface area contributed by atoms with Crippen LogP contribution in [-0.2, 0) is 9.53 Å². The molecule has 0 fully saturated rings. The molecule has 2 aromatic rings. The van der Waals surface area contributed by atoms with E-state index in [4.69, 9.17) is 9.84 Å². The van der Waals surface area contributed by atoms with Crippen LogP contribution >= 0.6 is 0 Å². The van der Waals surface area contributed by atoms with Crippen molar-refractivity contribution in [1.29, 1.82) is 0 Å². The molecule has 0 unspecified atom stereocenters. The highest BCUT2D eigenvalue weighted by Gasteiger charge is 2.13. The molecule has 0 bridgehead atoms. The standard InChI is InChI=1S/C17H16O3/c18-11-12-20-17(19)16(15-9-5-2-6-10-15)13-14-7-3-1-4-8-14/h1-10,13,18H,11-12H2/b16-13-. The summed E-state index contributed by atoms with van der Waals surface area (Å²) in [6, 6.07) is 18.9. The Kier molecular flexibility index (Phi) is 5.09. The maximum Gasteiger partial charge on any atom is 0.338 e. The Morgan fingerprint density at radius 2 is 1.60 bits per heavy atom. The van der Waals surface area contributed by atoms with Crippen molar-refractivity contribution in [2.75, 3.05) is 13.2 Å². The van der Waals surface area contributed by atoms with E-state index in [0.717, 1.165) is 11.1 Å². The number of aliphatic hydroxyl groups is 1. The predicted octanol–water partition coefficient (Wildman–Crippen LogP) is 2.76. The minimum atomic E-state index is -0.436. The van der Waals surface area contributed by atoms with Crippen LogP contribution < -0.4 is 0 Å². The van der Waals surface area contributed by atoms with Gasteiger partial charge < -0.3 is 9.84 Å². The Hall–Kier alpha value is -2.39. The summed E-state index contributed by atoms with van der Waals surface area (Å²) in [5.41, 5.74) is 2.19. The molecule has 3 nitrogen and oxygen atoms in total. The van der Waals surface area contributed by atoms with Gasteiger partial charge in [-0.2, -0.15) is 0 Å². The number of carbonyl (C=O) groups excluding carboxylic acids is 1. The summed E-state index contributed by atoms with van der Waals surface area (Å²) in [5, 5.41) is 8.76. The Labute approximate surface area is 118 Å². The van der Waals surface area contributed by atoms with Crippen molar-refractivity contribution in [1.82, 2.24) is 0 Å². The molecule has 0 heterocycles. The summed E-state index contributed by atoms with van der Waals surface area (Å²) in [6.07, 6.45) is 1.79. The first kappa shape index (κ1) is 14.0. The van der Waals surface area contributed by atoms with E-state index in [9.17, 15) is 4.79 Å². The van der Waals surface area contributed by atoms with E-state index in [1.165, 1.54) is 0 Å². The first-order valence-electron chi connectivity index (χ1n) is 6.41. The molecule has 0 aromatic heterocycles. The van der Waals surface area contributed by atoms with Gasteiger partial charge in [-0.1, -0.05) is 60.7 Å². The summed E-state index contributed by atoms with van der Waals surface area (Å²) in [7, 11) is 0. The van der Waals surface area contributed by atoms with Crippen LogP contribution in [0.15, 0.2) is 60.7 Å². The summed E-state index contributed by atoms with van der Waals surface area (Å²) in [5.74, 6) is -0.436. The molecule has 2 aromatic carbocycles. The number of esters is 1. The van der Waals surface area contributed by atoms with E-state index in [-0.39, 0.29) is 13.2 Å². The van der Waals surface area contributed by atoms with Gasteiger partial charge in [-0.05, 0) is 17.2 Å². The number of aliphatic hydroxyl groups excluding tert-OH is 1. The highest BCUT2D eigenvalue weighted by Crippen LogP contribution is 2.19. The average molecular weight is 268 g/mol. The third kappa shape index (κ3) is 3.80. The molecule has 0 aliphatic heterocycles. The van der Waals surface area contributed by atoms with Crippen molar-refractivity contribution < 1.29 is 14.6 Å². The lowest BCUT2D eigenvalue weighted by Gasteiger charge is -2.08. The van der Waals surface area contributed by atoms with E-state index >= 15 is 0 Å². The average Bonchev–Trinajstić information content (AvgIpc) is 2.52. The van der Waals surface area contributed by atoms with Crippen LogP contribution in [0.5, 0.6) is 0 Å². The fourth-order valence-electron chi connectivity index (χ4n) is 1.81. The van der Waals surface area contributed by atoms with E-state index in [0.29, 0.717) is 5.57 Å². The van der Waals surface area contributed by atoms with Crippen LogP contribution in [0.1, 0.15) is 11.1 Å². The van der Waals surface area contributed by atoms with Crippen LogP contribution in [-0.4, -0.2) is 24.3 Å². The molecule has 20 heavy (non-hydrogen) atoms. The molecular formula is C17H16O3. The molecule has 0 atom stereocenters. The van der Waals surface area contributed by atoms with Gasteiger partial charge in [-0.25, -0.2) is 4.79 Å². The van der Waals surface area contributed by atoms with Gasteiger partial charge in [0.15, 0.2) is 0 Å². The Balaban J connectivity index is 2.34. The normalized spacial score (nSPS) is 11.2. The van der Waals surface area contributed by atoms with Crippen molar-refractivity contribution in [2.45, 2.75) is 0 Å². The fraction of sp³-hybridized carbons (Fsp3) is 0.118. The number of hydrogen-bond donors (Lipinski definition) is 1. The van der Waals surface area contributed by atoms with Crippen LogP contribution in [0.4, 0.5) is 0 Å². The highest BCUT2D eigenvalue weighted by atomic mass is 16.5. The van der Waals surface area contributed by atoms with Crippen LogP contribution in [0.25, 0.3) is 11.6 Å². The molecule has 2 rings (SSSR count). The van der Waals surface area contributed by atoms with Gasteiger partial charge >= 0.3 is 5.97 Å². The van der Waals surface area contributed by atoms with Gasteiger partial charge in [0, 0.05) is 0 Å². The Morgan fingerprint density at radius 3 is 2.20 bits per heavy atom. The predicted molar refractivity (Wildman–Crippen MR) is 78.8 cm³/mol. The molecule has 1 N–H and O–H groups in total. The molecule has 0 saturated heterocycles. The molecule has 0 saturated carbocycles. The second-order valence-corrected chi connectivity index (χ2v) is 4.19. The summed E-state index contributed by atoms with van der Waals surface area (Å²) >= 11 is 0. The number of rotatable bonds is 5. The first-order chi connectivity index (χ1) is 9.81. The number of benzene rings is 2. The van der Waals surface area contributed by atoms with E-state index in [1.54, 1.807) is 6.08 Å². The van der Waals surface area contributed by atoms with E-state index < -0.39 is 5.97 Å². The molecule has 0 aliphatic rings. The number of ether oxygens (including phenoxy) is 1. The minimum absolute atomic E-state index is 0.00219. The molecule has 0 aliphatic carbocycles. The highest BCUT2D eigenvalue weighted by molar-refractivity contribution is 6.21. The third-order valence-corrected chi connectivity index (χ3v) is 2.74. The topological polar surface area (TPSA) is 46.5 Å². The summed E-state index contributed by atoms with van der Waals surface area (Å²) in [6.45, 7) is -0.184. The lowest BCUT2D eigenvalue weighted by molar-refractivity contribution is -0.137. The van der Waals surface area contributed by atoms with Gasteiger partial charge in [-0.15, -0.1) is 0 Å². The largest absolute Gasteiger partial charge is 0.460 e. The van der Waals surface area contributed by atoms with Gasteiger partial charge in [-0.3, -0.25) is 0 Å². The monoisotopic (exact) mass is 268 g/mol. The first-order valence-corrected chi connectivity index (χ1v) is 6.41. The van der Waals surface area contributed by atoms with E-state index in [2.05, 4.69) is 0 Å². The van der Waals surface area contributed by atoms with Gasteiger partial charge in [0.2, 0.25) is 0 Å². The number of hydrogen-bond acceptors (Lipinski definition) is 3. The van der Waals surface area contributed by atoms with Crippen LogP contribution in [0.3, 0.4) is 0 Å². The van der Waals surface area contributed by atoms with Crippen LogP contribution in [0.2, 0.25) is 0 Å². The Morgan fingerprint density at radius 1 is 1.00 bits per heavy atom. The van der Waals surface area contributed by atoms with Crippen molar-refractivity contribution in [2.24, 2.45) is 0 Å². The van der Waals surface area contributed by atoms with Crippen molar-refractivity contribution in [3.8, 4) is 0 Å².